The van der Waals surface area contributed by atoms with Crippen molar-refractivity contribution in [3.63, 3.8) is 0 Å². The lowest BCUT2D eigenvalue weighted by Crippen LogP contribution is -2.29. The van der Waals surface area contributed by atoms with E-state index in [1.165, 1.54) is 5.56 Å². The molecule has 1 rings (SSSR count). The maximum Gasteiger partial charge on any atom is 0.241 e. The summed E-state index contributed by atoms with van der Waals surface area (Å²) < 4.78 is 6.23. The van der Waals surface area contributed by atoms with E-state index < -0.39 is 8.32 Å². The normalized spacial score (nSPS) is 15.1. The highest BCUT2D eigenvalue weighted by atomic mass is 28.4. The number of nitrogens with two attached hydrogens (primary N) is 1. The van der Waals surface area contributed by atoms with Gasteiger partial charge in [-0.05, 0) is 37.7 Å². The van der Waals surface area contributed by atoms with E-state index in [2.05, 4.69) is 58.6 Å². The van der Waals surface area contributed by atoms with Crippen LogP contribution >= 0.6 is 0 Å². The zero-order valence-electron chi connectivity index (χ0n) is 13.7. The number of hydrogen-bond donors (Lipinski definition) is 1. The van der Waals surface area contributed by atoms with Crippen LogP contribution in [0.15, 0.2) is 42.2 Å². The predicted molar refractivity (Wildman–Crippen MR) is 90.0 cm³/mol. The van der Waals surface area contributed by atoms with Gasteiger partial charge in [-0.2, -0.15) is 0 Å². The number of benzene rings is 1. The molecule has 0 fully saturated rings. The van der Waals surface area contributed by atoms with Gasteiger partial charge in [0.15, 0.2) is 0 Å². The van der Waals surface area contributed by atoms with E-state index in [4.69, 9.17) is 10.2 Å². The van der Waals surface area contributed by atoms with Crippen LogP contribution in [0.25, 0.3) is 0 Å². The third-order valence-corrected chi connectivity index (χ3v) is 3.77. The number of hydrogen-bond acceptors (Lipinski definition) is 2. The molecule has 1 aromatic carbocycles. The topological polar surface area (TPSA) is 35.2 Å². The number of allylic oxidation sites excluding steroid dienone is 1. The van der Waals surface area contributed by atoms with E-state index in [9.17, 15) is 0 Å². The third kappa shape index (κ3) is 5.93. The van der Waals surface area contributed by atoms with Gasteiger partial charge in [-0.1, -0.05) is 51.1 Å². The van der Waals surface area contributed by atoms with Crippen molar-refractivity contribution >= 4 is 8.32 Å². The first-order chi connectivity index (χ1) is 9.09. The van der Waals surface area contributed by atoms with Gasteiger partial charge in [-0.25, -0.2) is 0 Å². The fourth-order valence-electron chi connectivity index (χ4n) is 1.90. The molecule has 112 valence electrons. The van der Waals surface area contributed by atoms with Gasteiger partial charge in [0, 0.05) is 11.5 Å². The summed E-state index contributed by atoms with van der Waals surface area (Å²) in [5, 5.41) is 0. The first kappa shape index (κ1) is 17.0. The molecule has 0 aliphatic heterocycles. The molecule has 0 aliphatic carbocycles. The smallest absolute Gasteiger partial charge is 0.241 e. The largest absolute Gasteiger partial charge is 0.547 e. The van der Waals surface area contributed by atoms with E-state index in [-0.39, 0.29) is 11.5 Å². The van der Waals surface area contributed by atoms with Crippen LogP contribution < -0.4 is 5.73 Å². The highest BCUT2D eigenvalue weighted by Crippen LogP contribution is 2.30. The van der Waals surface area contributed by atoms with Crippen molar-refractivity contribution in [3.05, 3.63) is 47.7 Å². The molecule has 0 bridgehead atoms. The second-order valence-corrected chi connectivity index (χ2v) is 11.7. The molecule has 0 heterocycles. The van der Waals surface area contributed by atoms with Crippen molar-refractivity contribution in [2.75, 3.05) is 0 Å². The monoisotopic (exact) mass is 291 g/mol. The summed E-state index contributed by atoms with van der Waals surface area (Å²) in [5.41, 5.74) is 7.46. The summed E-state index contributed by atoms with van der Waals surface area (Å²) in [6, 6.07) is 10.3. The van der Waals surface area contributed by atoms with Crippen molar-refractivity contribution in [2.45, 2.75) is 52.9 Å². The molecule has 0 radical (unpaired) electrons. The van der Waals surface area contributed by atoms with Crippen LogP contribution in [0.4, 0.5) is 0 Å². The van der Waals surface area contributed by atoms with Crippen molar-refractivity contribution in [1.29, 1.82) is 0 Å². The van der Waals surface area contributed by atoms with Crippen LogP contribution in [-0.2, 0) is 4.43 Å². The van der Waals surface area contributed by atoms with Gasteiger partial charge in [0.05, 0.1) is 5.76 Å². The zero-order valence-corrected chi connectivity index (χ0v) is 14.7. The van der Waals surface area contributed by atoms with Crippen LogP contribution in [-0.4, -0.2) is 8.32 Å². The Morgan fingerprint density at radius 3 is 2.20 bits per heavy atom. The minimum absolute atomic E-state index is 0.0245. The fraction of sp³-hybridized carbons (Fsp3) is 0.529. The van der Waals surface area contributed by atoms with Gasteiger partial charge in [0.25, 0.3) is 0 Å². The van der Waals surface area contributed by atoms with E-state index in [0.717, 1.165) is 12.2 Å². The average Bonchev–Trinajstić information content (AvgIpc) is 2.32. The second kappa shape index (κ2) is 6.59. The lowest BCUT2D eigenvalue weighted by atomic mass is 9.92. The Hall–Kier alpha value is -1.06. The molecular weight excluding hydrogens is 262 g/mol. The Bertz CT molecular complexity index is 440. The van der Waals surface area contributed by atoms with Gasteiger partial charge in [0.1, 0.15) is 0 Å². The molecule has 1 atom stereocenters. The standard InChI is InChI=1S/C17H29NOSi/c1-17(2,3)16(19-20(4,5)6)13-12-15(18)14-10-8-7-9-11-14/h7-11,13,15H,12,18H2,1-6H3/b16-13+. The lowest BCUT2D eigenvalue weighted by Gasteiger charge is -2.30. The molecule has 20 heavy (non-hydrogen) atoms. The minimum atomic E-state index is -1.59. The summed E-state index contributed by atoms with van der Waals surface area (Å²) in [6.07, 6.45) is 2.98. The highest BCUT2D eigenvalue weighted by Gasteiger charge is 2.25. The van der Waals surface area contributed by atoms with Crippen LogP contribution in [0, 0.1) is 5.41 Å². The molecule has 0 aromatic heterocycles. The first-order valence-electron chi connectivity index (χ1n) is 7.30. The maximum atomic E-state index is 6.26. The van der Waals surface area contributed by atoms with E-state index in [0.29, 0.717) is 0 Å². The molecule has 2 N–H and O–H groups in total. The van der Waals surface area contributed by atoms with Gasteiger partial charge in [-0.3, -0.25) is 0 Å². The van der Waals surface area contributed by atoms with Crippen molar-refractivity contribution in [1.82, 2.24) is 0 Å². The molecule has 3 heteroatoms. The Balaban J connectivity index is 2.82. The van der Waals surface area contributed by atoms with E-state index in [1.807, 2.05) is 18.2 Å². The Labute approximate surface area is 125 Å². The van der Waals surface area contributed by atoms with E-state index in [1.54, 1.807) is 0 Å². The Morgan fingerprint density at radius 1 is 1.20 bits per heavy atom. The molecule has 2 nitrogen and oxygen atoms in total. The van der Waals surface area contributed by atoms with Gasteiger partial charge >= 0.3 is 0 Å². The lowest BCUT2D eigenvalue weighted by molar-refractivity contribution is 0.286. The highest BCUT2D eigenvalue weighted by molar-refractivity contribution is 6.70. The zero-order chi connectivity index (χ0) is 15.4. The molecule has 0 aliphatic rings. The van der Waals surface area contributed by atoms with Crippen LogP contribution in [0.3, 0.4) is 0 Å². The van der Waals surface area contributed by atoms with Gasteiger partial charge in [-0.15, -0.1) is 0 Å². The second-order valence-electron chi connectivity index (χ2n) is 7.29. The molecule has 0 spiro atoms. The summed E-state index contributed by atoms with van der Waals surface area (Å²) in [5.74, 6) is 1.07. The molecule has 0 amide bonds. The summed E-state index contributed by atoms with van der Waals surface area (Å²) in [7, 11) is -1.59. The molecule has 0 saturated carbocycles. The van der Waals surface area contributed by atoms with Crippen molar-refractivity contribution < 1.29 is 4.43 Å². The van der Waals surface area contributed by atoms with Gasteiger partial charge < -0.3 is 10.2 Å². The SMILES string of the molecule is CC(C)(C)/C(=C\CC(N)c1ccccc1)O[Si](C)(C)C. The molecular formula is C17H29NOSi. The number of rotatable bonds is 5. The van der Waals surface area contributed by atoms with Crippen molar-refractivity contribution in [2.24, 2.45) is 11.1 Å². The third-order valence-electron chi connectivity index (χ3n) is 2.94. The van der Waals surface area contributed by atoms with Crippen molar-refractivity contribution in [3.8, 4) is 0 Å². The van der Waals surface area contributed by atoms with E-state index >= 15 is 0 Å². The Kier molecular flexibility index (Phi) is 5.60. The first-order valence-corrected chi connectivity index (χ1v) is 10.7. The van der Waals surface area contributed by atoms with Crippen LogP contribution in [0.5, 0.6) is 0 Å². The Morgan fingerprint density at radius 2 is 1.75 bits per heavy atom. The van der Waals surface area contributed by atoms with Gasteiger partial charge in [0.2, 0.25) is 8.32 Å². The maximum absolute atomic E-state index is 6.26. The molecule has 1 aromatic rings. The predicted octanol–water partition coefficient (Wildman–Crippen LogP) is 4.86. The summed E-state index contributed by atoms with van der Waals surface area (Å²) in [4.78, 5) is 0. The average molecular weight is 292 g/mol. The minimum Gasteiger partial charge on any atom is -0.547 e. The van der Waals surface area contributed by atoms with Crippen LogP contribution in [0.1, 0.15) is 38.8 Å². The molecule has 0 saturated heterocycles. The fourth-order valence-corrected chi connectivity index (χ4v) is 2.95. The molecule has 1 unspecified atom stereocenters. The quantitative estimate of drug-likeness (QED) is 0.621. The van der Waals surface area contributed by atoms with Crippen LogP contribution in [0.2, 0.25) is 19.6 Å². The summed E-state index contributed by atoms with van der Waals surface area (Å²) in [6.45, 7) is 13.2. The summed E-state index contributed by atoms with van der Waals surface area (Å²) >= 11 is 0.